The molecule has 0 bridgehead atoms. The topological polar surface area (TPSA) is 61.0 Å². The minimum atomic E-state index is 0.221. The minimum Gasteiger partial charge on any atom is -0.368 e. The molecule has 23 heavy (non-hydrogen) atoms. The molecule has 5 rings (SSSR count). The fraction of sp³-hybridized carbons (Fsp3) is 0.688. The molecule has 0 unspecified atom stereocenters. The highest BCUT2D eigenvalue weighted by Gasteiger charge is 2.37. The van der Waals surface area contributed by atoms with Crippen LogP contribution >= 0.6 is 0 Å². The van der Waals surface area contributed by atoms with E-state index < -0.39 is 0 Å². The first kappa shape index (κ1) is 13.7. The Labute approximate surface area is 135 Å². The van der Waals surface area contributed by atoms with Gasteiger partial charge in [0.15, 0.2) is 0 Å². The second-order valence-electron chi connectivity index (χ2n) is 7.06. The summed E-state index contributed by atoms with van der Waals surface area (Å²) in [5.74, 6) is 0.735. The summed E-state index contributed by atoms with van der Waals surface area (Å²) >= 11 is 0. The molecule has 1 aliphatic carbocycles. The minimum absolute atomic E-state index is 0.221. The highest BCUT2D eigenvalue weighted by molar-refractivity contribution is 5.25. The number of nitrogens with zero attached hydrogens (tertiary/aromatic N) is 6. The lowest BCUT2D eigenvalue weighted by Gasteiger charge is -2.41. The summed E-state index contributed by atoms with van der Waals surface area (Å²) in [7, 11) is 2.07. The summed E-state index contributed by atoms with van der Waals surface area (Å²) in [6, 6.07) is 0.342. The Balaban J connectivity index is 1.32. The molecule has 0 amide bonds. The van der Waals surface area contributed by atoms with Gasteiger partial charge in [0.1, 0.15) is 0 Å². The predicted octanol–water partition coefficient (Wildman–Crippen LogP) is 1.23. The summed E-state index contributed by atoms with van der Waals surface area (Å²) < 4.78 is 10.2. The Kier molecular flexibility index (Phi) is 3.06. The number of likely N-dealkylation sites (tertiary alicyclic amines) is 1. The lowest BCUT2D eigenvalue weighted by Crippen LogP contribution is -2.48. The molecule has 3 aliphatic rings. The van der Waals surface area contributed by atoms with Gasteiger partial charge in [-0.05, 0) is 19.3 Å². The summed E-state index contributed by atoms with van der Waals surface area (Å²) in [6.07, 6.45) is 7.79. The zero-order valence-electron chi connectivity index (χ0n) is 13.4. The molecular formula is C16H22N6O. The van der Waals surface area contributed by atoms with Crippen LogP contribution in [0.25, 0.3) is 0 Å². The smallest absolute Gasteiger partial charge is 0.0932 e. The fourth-order valence-electron chi connectivity index (χ4n) is 4.13. The van der Waals surface area contributed by atoms with Crippen molar-refractivity contribution < 1.29 is 4.74 Å². The largest absolute Gasteiger partial charge is 0.368 e. The lowest BCUT2D eigenvalue weighted by atomic mass is 9.99. The van der Waals surface area contributed by atoms with E-state index in [4.69, 9.17) is 4.74 Å². The number of aromatic nitrogens is 5. The van der Waals surface area contributed by atoms with E-state index in [1.807, 2.05) is 6.20 Å². The van der Waals surface area contributed by atoms with E-state index in [0.717, 1.165) is 37.7 Å². The predicted molar refractivity (Wildman–Crippen MR) is 82.7 cm³/mol. The van der Waals surface area contributed by atoms with Gasteiger partial charge in [0.25, 0.3) is 0 Å². The fourth-order valence-corrected chi connectivity index (χ4v) is 4.13. The van der Waals surface area contributed by atoms with Crippen LogP contribution in [0, 0.1) is 0 Å². The summed E-state index contributed by atoms with van der Waals surface area (Å²) in [5.41, 5.74) is 3.93. The van der Waals surface area contributed by atoms with Gasteiger partial charge in [-0.1, -0.05) is 5.21 Å². The van der Waals surface area contributed by atoms with Crippen LogP contribution in [0.15, 0.2) is 12.4 Å². The van der Waals surface area contributed by atoms with E-state index in [1.54, 1.807) is 0 Å². The summed E-state index contributed by atoms with van der Waals surface area (Å²) in [4.78, 5) is 2.51. The molecular weight excluding hydrogens is 292 g/mol. The molecule has 0 radical (unpaired) electrons. The first-order chi connectivity index (χ1) is 11.3. The molecule has 2 atom stereocenters. The van der Waals surface area contributed by atoms with Gasteiger partial charge >= 0.3 is 0 Å². The summed E-state index contributed by atoms with van der Waals surface area (Å²) in [6.45, 7) is 3.64. The Bertz CT molecular complexity index is 718. The zero-order chi connectivity index (χ0) is 15.4. The third kappa shape index (κ3) is 2.30. The van der Waals surface area contributed by atoms with Crippen LogP contribution in [0.5, 0.6) is 0 Å². The molecule has 0 aromatic carbocycles. The van der Waals surface area contributed by atoms with Crippen molar-refractivity contribution in [2.24, 2.45) is 7.05 Å². The molecule has 0 spiro atoms. The van der Waals surface area contributed by atoms with Gasteiger partial charge in [0, 0.05) is 43.9 Å². The van der Waals surface area contributed by atoms with Crippen molar-refractivity contribution in [3.8, 4) is 0 Å². The highest BCUT2D eigenvalue weighted by atomic mass is 16.5. The second kappa shape index (κ2) is 5.14. The monoisotopic (exact) mass is 314 g/mol. The van der Waals surface area contributed by atoms with E-state index in [1.165, 1.54) is 24.1 Å². The lowest BCUT2D eigenvalue weighted by molar-refractivity contribution is -0.0704. The van der Waals surface area contributed by atoms with Crippen molar-refractivity contribution in [1.82, 2.24) is 29.7 Å². The van der Waals surface area contributed by atoms with Crippen molar-refractivity contribution in [3.63, 3.8) is 0 Å². The normalized spacial score (nSPS) is 27.7. The van der Waals surface area contributed by atoms with Crippen LogP contribution in [0.2, 0.25) is 0 Å². The van der Waals surface area contributed by atoms with Gasteiger partial charge in [-0.3, -0.25) is 9.58 Å². The van der Waals surface area contributed by atoms with Gasteiger partial charge in [-0.15, -0.1) is 5.10 Å². The first-order valence-corrected chi connectivity index (χ1v) is 8.53. The zero-order valence-corrected chi connectivity index (χ0v) is 13.4. The van der Waals surface area contributed by atoms with Crippen molar-refractivity contribution in [2.75, 3.05) is 13.1 Å². The molecule has 1 saturated heterocycles. The van der Waals surface area contributed by atoms with Crippen LogP contribution < -0.4 is 0 Å². The maximum Gasteiger partial charge on any atom is 0.0932 e. The number of fused-ring (bicyclic) bond motifs is 3. The molecule has 7 heteroatoms. The summed E-state index contributed by atoms with van der Waals surface area (Å²) in [5, 5.41) is 12.8. The van der Waals surface area contributed by atoms with E-state index in [9.17, 15) is 0 Å². The number of rotatable bonds is 3. The SMILES string of the molecule is Cn1ncc(CN2CC[C@H]3[C@H](C2)OCc2cnnn23)c1C1CC1. The Morgan fingerprint density at radius 3 is 3.04 bits per heavy atom. The number of hydrogen-bond donors (Lipinski definition) is 0. The van der Waals surface area contributed by atoms with Gasteiger partial charge < -0.3 is 4.74 Å². The standard InChI is InChI=1S/C16H22N6O/c1-20-16(11-2-3-11)12(6-18-20)8-21-5-4-14-15(9-21)23-10-13-7-17-19-22(13)14/h6-7,11,14-15H,2-5,8-10H2,1H3/t14-,15-/m0/s1. The van der Waals surface area contributed by atoms with Crippen LogP contribution in [0.1, 0.15) is 48.2 Å². The van der Waals surface area contributed by atoms with Crippen molar-refractivity contribution in [2.45, 2.75) is 50.5 Å². The number of aryl methyl sites for hydroxylation is 1. The number of hydrogen-bond acceptors (Lipinski definition) is 5. The molecule has 4 heterocycles. The third-order valence-corrected chi connectivity index (χ3v) is 5.44. The van der Waals surface area contributed by atoms with Crippen molar-refractivity contribution >= 4 is 0 Å². The Morgan fingerprint density at radius 1 is 1.26 bits per heavy atom. The molecule has 2 fully saturated rings. The molecule has 7 nitrogen and oxygen atoms in total. The number of ether oxygens (including phenoxy) is 1. The van der Waals surface area contributed by atoms with Gasteiger partial charge in [0.2, 0.25) is 0 Å². The average Bonchev–Trinajstić information content (AvgIpc) is 3.15. The maximum atomic E-state index is 6.07. The van der Waals surface area contributed by atoms with Crippen molar-refractivity contribution in [3.05, 3.63) is 29.3 Å². The van der Waals surface area contributed by atoms with Gasteiger partial charge in [0.05, 0.1) is 36.8 Å². The van der Waals surface area contributed by atoms with E-state index in [0.29, 0.717) is 12.6 Å². The highest BCUT2D eigenvalue weighted by Crippen LogP contribution is 2.42. The molecule has 2 aromatic heterocycles. The number of piperidine rings is 1. The van der Waals surface area contributed by atoms with Crippen LogP contribution in [0.3, 0.4) is 0 Å². The molecule has 2 aromatic rings. The van der Waals surface area contributed by atoms with Crippen molar-refractivity contribution in [1.29, 1.82) is 0 Å². The molecule has 1 saturated carbocycles. The first-order valence-electron chi connectivity index (χ1n) is 8.53. The molecule has 122 valence electrons. The Morgan fingerprint density at radius 2 is 2.17 bits per heavy atom. The second-order valence-corrected chi connectivity index (χ2v) is 7.06. The maximum absolute atomic E-state index is 6.07. The average molecular weight is 314 g/mol. The Hall–Kier alpha value is -1.73. The van der Waals surface area contributed by atoms with Crippen LogP contribution in [0.4, 0.5) is 0 Å². The quantitative estimate of drug-likeness (QED) is 0.853. The molecule has 0 N–H and O–H groups in total. The van der Waals surface area contributed by atoms with Crippen LogP contribution in [-0.2, 0) is 24.9 Å². The molecule has 2 aliphatic heterocycles. The van der Waals surface area contributed by atoms with Gasteiger partial charge in [-0.2, -0.15) is 5.10 Å². The van der Waals surface area contributed by atoms with Crippen LogP contribution in [-0.4, -0.2) is 48.9 Å². The van der Waals surface area contributed by atoms with E-state index in [2.05, 4.69) is 42.9 Å². The third-order valence-electron chi connectivity index (χ3n) is 5.44. The van der Waals surface area contributed by atoms with E-state index in [-0.39, 0.29) is 6.10 Å². The van der Waals surface area contributed by atoms with E-state index >= 15 is 0 Å². The van der Waals surface area contributed by atoms with Gasteiger partial charge in [-0.25, -0.2) is 4.68 Å².